The van der Waals surface area contributed by atoms with E-state index in [1.54, 1.807) is 13.0 Å². The smallest absolute Gasteiger partial charge is 0.343 e. The van der Waals surface area contributed by atoms with Gasteiger partial charge in [0.2, 0.25) is 11.7 Å². The summed E-state index contributed by atoms with van der Waals surface area (Å²) in [7, 11) is 0. The molecule has 1 amide bonds. The maximum absolute atomic E-state index is 12.5. The van der Waals surface area contributed by atoms with Gasteiger partial charge < -0.3 is 10.1 Å². The molecule has 0 aliphatic rings. The molecule has 3 rings (SSSR count). The third-order valence-electron chi connectivity index (χ3n) is 4.23. The number of hydrogen-bond acceptors (Lipinski definition) is 6. The number of esters is 1. The summed E-state index contributed by atoms with van der Waals surface area (Å²) in [6.07, 6.45) is 0.630. The molecular formula is C21H20ClN3O4S. The number of thiophene rings is 1. The van der Waals surface area contributed by atoms with Crippen molar-refractivity contribution in [2.45, 2.75) is 20.3 Å². The van der Waals surface area contributed by atoms with Gasteiger partial charge in [-0.1, -0.05) is 29.8 Å². The van der Waals surface area contributed by atoms with Gasteiger partial charge in [-0.3, -0.25) is 9.59 Å². The van der Waals surface area contributed by atoms with E-state index in [-0.39, 0.29) is 22.4 Å². The van der Waals surface area contributed by atoms with Crippen LogP contribution in [0.4, 0.5) is 0 Å². The van der Waals surface area contributed by atoms with Crippen LogP contribution in [-0.2, 0) is 16.0 Å². The summed E-state index contributed by atoms with van der Waals surface area (Å²) in [5.41, 5.74) is 1.26. The number of aromatic nitrogens is 2. The van der Waals surface area contributed by atoms with E-state index in [0.29, 0.717) is 29.2 Å². The van der Waals surface area contributed by atoms with E-state index in [9.17, 15) is 14.4 Å². The zero-order chi connectivity index (χ0) is 21.7. The lowest BCUT2D eigenvalue weighted by Crippen LogP contribution is -2.22. The Labute approximate surface area is 182 Å². The summed E-state index contributed by atoms with van der Waals surface area (Å²) in [6.45, 7) is 3.22. The van der Waals surface area contributed by atoms with Crippen LogP contribution in [0.2, 0.25) is 5.15 Å². The highest BCUT2D eigenvalue weighted by Gasteiger charge is 2.23. The molecule has 3 aromatic rings. The number of nitrogens with one attached hydrogen (secondary N) is 1. The fraction of sp³-hybridized carbons (Fsp3) is 0.238. The number of para-hydroxylation sites is 1. The predicted octanol–water partition coefficient (Wildman–Crippen LogP) is 3.61. The second-order valence-corrected chi connectivity index (χ2v) is 8.02. The van der Waals surface area contributed by atoms with Crippen LogP contribution in [0, 0.1) is 6.92 Å². The van der Waals surface area contributed by atoms with Gasteiger partial charge in [-0.2, -0.15) is 5.10 Å². The van der Waals surface area contributed by atoms with Gasteiger partial charge in [0.1, 0.15) is 10.7 Å². The molecule has 0 aliphatic heterocycles. The summed E-state index contributed by atoms with van der Waals surface area (Å²) < 4.78 is 6.65. The zero-order valence-electron chi connectivity index (χ0n) is 16.5. The monoisotopic (exact) mass is 445 g/mol. The Hall–Kier alpha value is -2.97. The third-order valence-corrected chi connectivity index (χ3v) is 5.76. The largest absolute Gasteiger partial charge is 0.454 e. The molecule has 0 radical (unpaired) electrons. The number of amides is 1. The quantitative estimate of drug-likeness (QED) is 0.422. The first-order valence-corrected chi connectivity index (χ1v) is 10.4. The average Bonchev–Trinajstić information content (AvgIpc) is 3.30. The number of nitrogens with zero attached hydrogens (tertiary/aromatic N) is 2. The number of ether oxygens (including phenoxy) is 1. The summed E-state index contributed by atoms with van der Waals surface area (Å²) in [5.74, 6) is -1.10. The van der Waals surface area contributed by atoms with Crippen molar-refractivity contribution in [3.63, 3.8) is 0 Å². The Kier molecular flexibility index (Phi) is 7.02. The number of rotatable bonds is 8. The normalized spacial score (nSPS) is 10.6. The molecule has 0 bridgehead atoms. The Morgan fingerprint density at radius 2 is 1.90 bits per heavy atom. The number of carbonyl (C=O) groups excluding carboxylic acids is 3. The molecular weight excluding hydrogens is 426 g/mol. The molecule has 7 nitrogen and oxygen atoms in total. The summed E-state index contributed by atoms with van der Waals surface area (Å²) in [6, 6.07) is 12.7. The van der Waals surface area contributed by atoms with Crippen LogP contribution in [0.1, 0.15) is 37.5 Å². The van der Waals surface area contributed by atoms with Crippen LogP contribution >= 0.6 is 22.9 Å². The lowest BCUT2D eigenvalue weighted by atomic mass is 10.2. The van der Waals surface area contributed by atoms with Crippen LogP contribution < -0.4 is 5.32 Å². The summed E-state index contributed by atoms with van der Waals surface area (Å²) in [5, 5.41) is 7.14. The van der Waals surface area contributed by atoms with Crippen molar-refractivity contribution in [3.8, 4) is 5.69 Å². The molecule has 0 atom stereocenters. The molecule has 0 unspecified atom stereocenters. The zero-order valence-corrected chi connectivity index (χ0v) is 18.0. The Balaban J connectivity index is 1.62. The molecule has 1 N–H and O–H groups in total. The first kappa shape index (κ1) is 21.7. The van der Waals surface area contributed by atoms with Crippen LogP contribution in [0.25, 0.3) is 5.69 Å². The molecule has 30 heavy (non-hydrogen) atoms. The fourth-order valence-electron chi connectivity index (χ4n) is 2.77. The Morgan fingerprint density at radius 1 is 1.17 bits per heavy atom. The maximum Gasteiger partial charge on any atom is 0.343 e. The van der Waals surface area contributed by atoms with Crippen LogP contribution in [0.15, 0.2) is 42.5 Å². The molecule has 0 spiro atoms. The number of ketones is 1. The third kappa shape index (κ3) is 5.14. The first-order valence-electron chi connectivity index (χ1n) is 9.21. The van der Waals surface area contributed by atoms with Gasteiger partial charge in [0.05, 0.1) is 16.3 Å². The van der Waals surface area contributed by atoms with Crippen molar-refractivity contribution >= 4 is 40.6 Å². The minimum absolute atomic E-state index is 0.0979. The van der Waals surface area contributed by atoms with E-state index in [1.807, 2.05) is 36.4 Å². The SMILES string of the molecule is CC(=O)NCCc1ccc(C(=O)COC(=O)c2c(C)nn(-c3ccccc3)c2Cl)s1. The lowest BCUT2D eigenvalue weighted by Gasteiger charge is -2.04. The van der Waals surface area contributed by atoms with Crippen molar-refractivity contribution in [2.24, 2.45) is 0 Å². The molecule has 0 fully saturated rings. The highest BCUT2D eigenvalue weighted by atomic mass is 35.5. The van der Waals surface area contributed by atoms with E-state index in [4.69, 9.17) is 16.3 Å². The highest BCUT2D eigenvalue weighted by molar-refractivity contribution is 7.14. The fourth-order valence-corrected chi connectivity index (χ4v) is 4.05. The average molecular weight is 446 g/mol. The number of halogens is 1. The van der Waals surface area contributed by atoms with E-state index in [1.165, 1.54) is 22.9 Å². The van der Waals surface area contributed by atoms with Crippen molar-refractivity contribution < 1.29 is 19.1 Å². The molecule has 2 aromatic heterocycles. The minimum Gasteiger partial charge on any atom is -0.454 e. The Bertz CT molecular complexity index is 1080. The second-order valence-electron chi connectivity index (χ2n) is 6.50. The van der Waals surface area contributed by atoms with Crippen molar-refractivity contribution in [3.05, 3.63) is 68.6 Å². The summed E-state index contributed by atoms with van der Waals surface area (Å²) in [4.78, 5) is 37.3. The van der Waals surface area contributed by atoms with E-state index >= 15 is 0 Å². The molecule has 156 valence electrons. The summed E-state index contributed by atoms with van der Waals surface area (Å²) >= 11 is 7.67. The minimum atomic E-state index is -0.699. The maximum atomic E-state index is 12.5. The van der Waals surface area contributed by atoms with Crippen molar-refractivity contribution in [2.75, 3.05) is 13.2 Å². The second kappa shape index (κ2) is 9.69. The predicted molar refractivity (Wildman–Crippen MR) is 115 cm³/mol. The number of Topliss-reactive ketones (excluding diaryl/α,β-unsaturated/α-hetero) is 1. The molecule has 9 heteroatoms. The van der Waals surface area contributed by atoms with E-state index < -0.39 is 12.6 Å². The lowest BCUT2D eigenvalue weighted by molar-refractivity contribution is -0.118. The first-order chi connectivity index (χ1) is 14.4. The number of aryl methyl sites for hydroxylation is 1. The van der Waals surface area contributed by atoms with E-state index in [0.717, 1.165) is 4.88 Å². The highest BCUT2D eigenvalue weighted by Crippen LogP contribution is 2.24. The Morgan fingerprint density at radius 3 is 2.60 bits per heavy atom. The van der Waals surface area contributed by atoms with Crippen LogP contribution in [0.5, 0.6) is 0 Å². The standard InChI is InChI=1S/C21H20ClN3O4S/c1-13-19(20(22)25(24-13)15-6-4-3-5-7-15)21(28)29-12-17(27)18-9-8-16(30-18)10-11-23-14(2)26/h3-9H,10-12H2,1-2H3,(H,23,26). The topological polar surface area (TPSA) is 90.3 Å². The molecule has 0 saturated carbocycles. The van der Waals surface area contributed by atoms with Gasteiger partial charge >= 0.3 is 5.97 Å². The van der Waals surface area contributed by atoms with Crippen molar-refractivity contribution in [1.29, 1.82) is 0 Å². The van der Waals surface area contributed by atoms with Crippen LogP contribution in [-0.4, -0.2) is 40.6 Å². The number of carbonyl (C=O) groups is 3. The van der Waals surface area contributed by atoms with Crippen molar-refractivity contribution in [1.82, 2.24) is 15.1 Å². The van der Waals surface area contributed by atoms with Gasteiger partial charge in [-0.05, 0) is 37.6 Å². The van der Waals surface area contributed by atoms with Gasteiger partial charge in [-0.25, -0.2) is 9.48 Å². The number of benzene rings is 1. The molecule has 0 aliphatic carbocycles. The van der Waals surface area contributed by atoms with E-state index in [2.05, 4.69) is 10.4 Å². The molecule has 0 saturated heterocycles. The van der Waals surface area contributed by atoms with Gasteiger partial charge in [0, 0.05) is 18.3 Å². The van der Waals surface area contributed by atoms with Crippen LogP contribution in [0.3, 0.4) is 0 Å². The molecule has 2 heterocycles. The molecule has 1 aromatic carbocycles. The van der Waals surface area contributed by atoms with Gasteiger partial charge in [-0.15, -0.1) is 11.3 Å². The van der Waals surface area contributed by atoms with Gasteiger partial charge in [0.15, 0.2) is 6.61 Å². The van der Waals surface area contributed by atoms with Gasteiger partial charge in [0.25, 0.3) is 0 Å². The number of hydrogen-bond donors (Lipinski definition) is 1.